The number of rotatable bonds is 4. The van der Waals surface area contributed by atoms with Crippen LogP contribution in [-0.4, -0.2) is 11.1 Å². The van der Waals surface area contributed by atoms with Crippen LogP contribution < -0.4 is 0 Å². The average molecular weight is 185 g/mol. The van der Waals surface area contributed by atoms with Crippen molar-refractivity contribution >= 4 is 5.97 Å². The Balaban J connectivity index is 0. The van der Waals surface area contributed by atoms with Crippen LogP contribution in [0.4, 0.5) is 0 Å². The van der Waals surface area contributed by atoms with E-state index in [0.29, 0.717) is 12.3 Å². The molecule has 0 aromatic carbocycles. The Morgan fingerprint density at radius 3 is 2.15 bits per heavy atom. The normalized spacial score (nSPS) is 11.1. The second kappa shape index (κ2) is 9.05. The van der Waals surface area contributed by atoms with E-state index in [0.717, 1.165) is 0 Å². The molecule has 0 rings (SSSR count). The minimum atomic E-state index is -0.891. The maximum Gasteiger partial charge on any atom is 0.304 e. The molecule has 3 heteroatoms. The van der Waals surface area contributed by atoms with Crippen LogP contribution >= 0.6 is 0 Å². The van der Waals surface area contributed by atoms with Gasteiger partial charge in [0.2, 0.25) is 0 Å². The number of carboxylic acids is 1. The zero-order valence-electron chi connectivity index (χ0n) is 8.87. The third-order valence-electron chi connectivity index (χ3n) is 1.36. The summed E-state index contributed by atoms with van der Waals surface area (Å²) in [6.07, 6.45) is 0.636. The molecule has 76 valence electrons. The molecule has 0 heterocycles. The lowest BCUT2D eigenvalue weighted by atomic mass is 9.96. The molecular formula is C10H19NO2. The minimum Gasteiger partial charge on any atom is -0.481 e. The molecular weight excluding hydrogens is 166 g/mol. The number of nitriles is 1. The highest BCUT2D eigenvalue weighted by Crippen LogP contribution is 2.13. The molecule has 0 aliphatic rings. The van der Waals surface area contributed by atoms with Crippen molar-refractivity contribution in [3.05, 3.63) is 0 Å². The lowest BCUT2D eigenvalue weighted by Gasteiger charge is -2.07. The van der Waals surface area contributed by atoms with Gasteiger partial charge in [0.15, 0.2) is 0 Å². The number of hydrogen-bond donors (Lipinski definition) is 1. The van der Waals surface area contributed by atoms with Gasteiger partial charge in [-0.15, -0.1) is 0 Å². The number of nitrogens with zero attached hydrogens (tertiary/aromatic N) is 1. The fourth-order valence-electron chi connectivity index (χ4n) is 0.962. The molecule has 0 bridgehead atoms. The lowest BCUT2D eigenvalue weighted by molar-refractivity contribution is -0.137. The maximum absolute atomic E-state index is 10.2. The van der Waals surface area contributed by atoms with Crippen molar-refractivity contribution in [2.24, 2.45) is 11.8 Å². The summed E-state index contributed by atoms with van der Waals surface area (Å²) in [4.78, 5) is 10.2. The molecule has 0 amide bonds. The van der Waals surface area contributed by atoms with Gasteiger partial charge in [0, 0.05) is 0 Å². The summed E-state index contributed by atoms with van der Waals surface area (Å²) < 4.78 is 0. The van der Waals surface area contributed by atoms with Gasteiger partial charge in [0.05, 0.1) is 18.4 Å². The van der Waals surface area contributed by atoms with Crippen LogP contribution in [0.2, 0.25) is 0 Å². The first-order valence-corrected chi connectivity index (χ1v) is 4.67. The summed E-state index contributed by atoms with van der Waals surface area (Å²) in [7, 11) is 0. The molecule has 1 N–H and O–H groups in total. The SMILES string of the molecule is CC.CC(C)C[C@H](C#N)CC(=O)O. The average Bonchev–Trinajstić information content (AvgIpc) is 2.05. The topological polar surface area (TPSA) is 61.1 Å². The molecule has 0 saturated carbocycles. The summed E-state index contributed by atoms with van der Waals surface area (Å²) in [5.41, 5.74) is 0. The van der Waals surface area contributed by atoms with Gasteiger partial charge in [-0.05, 0) is 12.3 Å². The Hall–Kier alpha value is -1.04. The maximum atomic E-state index is 10.2. The van der Waals surface area contributed by atoms with E-state index in [2.05, 4.69) is 0 Å². The van der Waals surface area contributed by atoms with Gasteiger partial charge in [0.1, 0.15) is 0 Å². The van der Waals surface area contributed by atoms with Crippen molar-refractivity contribution < 1.29 is 9.90 Å². The van der Waals surface area contributed by atoms with Crippen LogP contribution in [0.25, 0.3) is 0 Å². The number of hydrogen-bond acceptors (Lipinski definition) is 2. The van der Waals surface area contributed by atoms with E-state index in [1.165, 1.54) is 0 Å². The van der Waals surface area contributed by atoms with Gasteiger partial charge < -0.3 is 5.11 Å². The summed E-state index contributed by atoms with van der Waals surface area (Å²) in [5.74, 6) is -0.830. The standard InChI is InChI=1S/C8H13NO2.C2H6/c1-6(2)3-7(5-9)4-8(10)11;1-2/h6-7H,3-4H2,1-2H3,(H,10,11);1-2H3/t7-;/m0./s1. The van der Waals surface area contributed by atoms with Gasteiger partial charge in [-0.1, -0.05) is 27.7 Å². The lowest BCUT2D eigenvalue weighted by Crippen LogP contribution is -2.08. The predicted octanol–water partition coefficient (Wildman–Crippen LogP) is 2.67. The number of aliphatic carboxylic acids is 1. The first kappa shape index (κ1) is 14.5. The second-order valence-electron chi connectivity index (χ2n) is 3.05. The Morgan fingerprint density at radius 2 is 1.92 bits per heavy atom. The van der Waals surface area contributed by atoms with Crippen LogP contribution in [0.15, 0.2) is 0 Å². The van der Waals surface area contributed by atoms with Crippen LogP contribution in [0.1, 0.15) is 40.5 Å². The van der Waals surface area contributed by atoms with E-state index in [4.69, 9.17) is 10.4 Å². The monoisotopic (exact) mass is 185 g/mol. The van der Waals surface area contributed by atoms with Crippen molar-refractivity contribution in [1.29, 1.82) is 5.26 Å². The first-order valence-electron chi connectivity index (χ1n) is 4.67. The van der Waals surface area contributed by atoms with Crippen molar-refractivity contribution in [1.82, 2.24) is 0 Å². The molecule has 0 spiro atoms. The summed E-state index contributed by atoms with van der Waals surface area (Å²) in [6.45, 7) is 7.96. The quantitative estimate of drug-likeness (QED) is 0.732. The van der Waals surface area contributed by atoms with E-state index >= 15 is 0 Å². The number of carboxylic acid groups (broad SMARTS) is 1. The zero-order chi connectivity index (χ0) is 10.9. The van der Waals surface area contributed by atoms with Crippen molar-refractivity contribution in [2.45, 2.75) is 40.5 Å². The van der Waals surface area contributed by atoms with Crippen LogP contribution in [0.5, 0.6) is 0 Å². The molecule has 0 aromatic heterocycles. The van der Waals surface area contributed by atoms with E-state index in [1.807, 2.05) is 33.8 Å². The van der Waals surface area contributed by atoms with Crippen LogP contribution in [0, 0.1) is 23.2 Å². The molecule has 0 aliphatic heterocycles. The molecule has 0 aromatic rings. The Kier molecular flexibility index (Phi) is 10.1. The second-order valence-corrected chi connectivity index (χ2v) is 3.05. The zero-order valence-corrected chi connectivity index (χ0v) is 8.87. The Bertz CT molecular complexity index is 170. The molecule has 0 radical (unpaired) electrons. The Morgan fingerprint density at radius 1 is 1.46 bits per heavy atom. The van der Waals surface area contributed by atoms with E-state index in [9.17, 15) is 4.79 Å². The van der Waals surface area contributed by atoms with Crippen molar-refractivity contribution in [3.63, 3.8) is 0 Å². The predicted molar refractivity (Wildman–Crippen MR) is 52.2 cm³/mol. The Labute approximate surface area is 80.4 Å². The fourth-order valence-corrected chi connectivity index (χ4v) is 0.962. The van der Waals surface area contributed by atoms with Crippen LogP contribution in [-0.2, 0) is 4.79 Å². The van der Waals surface area contributed by atoms with E-state index in [1.54, 1.807) is 0 Å². The van der Waals surface area contributed by atoms with Crippen molar-refractivity contribution in [3.8, 4) is 6.07 Å². The summed E-state index contributed by atoms with van der Waals surface area (Å²) >= 11 is 0. The third-order valence-corrected chi connectivity index (χ3v) is 1.36. The minimum absolute atomic E-state index is 0.0331. The molecule has 13 heavy (non-hydrogen) atoms. The summed E-state index contributed by atoms with van der Waals surface area (Å²) in [5, 5.41) is 16.9. The smallest absolute Gasteiger partial charge is 0.304 e. The van der Waals surface area contributed by atoms with Gasteiger partial charge in [0.25, 0.3) is 0 Å². The summed E-state index contributed by atoms with van der Waals surface area (Å²) in [6, 6.07) is 1.98. The number of carbonyl (C=O) groups is 1. The highest BCUT2D eigenvalue weighted by Gasteiger charge is 2.13. The molecule has 0 saturated heterocycles. The molecule has 0 unspecified atom stereocenters. The first-order chi connectivity index (χ1) is 6.06. The molecule has 3 nitrogen and oxygen atoms in total. The third kappa shape index (κ3) is 11.0. The van der Waals surface area contributed by atoms with E-state index in [-0.39, 0.29) is 12.3 Å². The highest BCUT2D eigenvalue weighted by molar-refractivity contribution is 5.67. The van der Waals surface area contributed by atoms with Crippen molar-refractivity contribution in [2.75, 3.05) is 0 Å². The molecule has 0 fully saturated rings. The van der Waals surface area contributed by atoms with Gasteiger partial charge in [-0.3, -0.25) is 4.79 Å². The van der Waals surface area contributed by atoms with Gasteiger partial charge in [-0.2, -0.15) is 5.26 Å². The van der Waals surface area contributed by atoms with Crippen LogP contribution in [0.3, 0.4) is 0 Å². The molecule has 0 aliphatic carbocycles. The van der Waals surface area contributed by atoms with Gasteiger partial charge >= 0.3 is 5.97 Å². The van der Waals surface area contributed by atoms with E-state index < -0.39 is 5.97 Å². The molecule has 1 atom stereocenters. The largest absolute Gasteiger partial charge is 0.481 e. The highest BCUT2D eigenvalue weighted by atomic mass is 16.4. The fraction of sp³-hybridized carbons (Fsp3) is 0.800. The van der Waals surface area contributed by atoms with Gasteiger partial charge in [-0.25, -0.2) is 0 Å².